The van der Waals surface area contributed by atoms with Crippen molar-refractivity contribution in [2.75, 3.05) is 0 Å². The highest BCUT2D eigenvalue weighted by atomic mass is 127. The van der Waals surface area contributed by atoms with Gasteiger partial charge in [0.2, 0.25) is 0 Å². The maximum atomic E-state index is 13.4. The van der Waals surface area contributed by atoms with Crippen molar-refractivity contribution in [3.63, 3.8) is 0 Å². The second-order valence-electron chi connectivity index (χ2n) is 3.84. The molecule has 1 nitrogen and oxygen atoms in total. The Kier molecular flexibility index (Phi) is 4.42. The van der Waals surface area contributed by atoms with Gasteiger partial charge in [0, 0.05) is 9.64 Å². The Morgan fingerprint density at radius 3 is 2.53 bits per heavy atom. The molecule has 0 bridgehead atoms. The summed E-state index contributed by atoms with van der Waals surface area (Å²) in [7, 11) is 0. The fraction of sp³-hybridized carbons (Fsp3) is 0. The van der Waals surface area contributed by atoms with Gasteiger partial charge in [0.05, 0.1) is 5.56 Å². The third kappa shape index (κ3) is 3.47. The highest BCUT2D eigenvalue weighted by Crippen LogP contribution is 2.15. The van der Waals surface area contributed by atoms with Crippen LogP contribution in [0.4, 0.5) is 8.78 Å². The molecular formula is C15H9F2IO. The number of ketones is 1. The first-order valence-corrected chi connectivity index (χ1v) is 6.58. The van der Waals surface area contributed by atoms with Crippen LogP contribution in [-0.2, 0) is 0 Å². The van der Waals surface area contributed by atoms with Crippen LogP contribution >= 0.6 is 22.6 Å². The number of carbonyl (C=O) groups excluding carboxylic acids is 1. The lowest BCUT2D eigenvalue weighted by molar-refractivity contribution is 0.104. The number of allylic oxidation sites excluding steroid dienone is 1. The third-order valence-electron chi connectivity index (χ3n) is 2.52. The Balaban J connectivity index is 2.24. The molecule has 0 aromatic heterocycles. The van der Waals surface area contributed by atoms with Gasteiger partial charge in [0.15, 0.2) is 5.78 Å². The molecule has 96 valence electrons. The zero-order valence-corrected chi connectivity index (χ0v) is 11.9. The zero-order valence-electron chi connectivity index (χ0n) is 9.74. The summed E-state index contributed by atoms with van der Waals surface area (Å²) in [5, 5.41) is 0. The minimum atomic E-state index is -0.850. The molecule has 0 unspecified atom stereocenters. The number of rotatable bonds is 3. The van der Waals surface area contributed by atoms with Gasteiger partial charge < -0.3 is 0 Å². The molecule has 0 aliphatic heterocycles. The number of hydrogen-bond acceptors (Lipinski definition) is 1. The number of hydrogen-bond donors (Lipinski definition) is 0. The van der Waals surface area contributed by atoms with Crippen molar-refractivity contribution in [2.24, 2.45) is 0 Å². The second kappa shape index (κ2) is 6.06. The summed E-state index contributed by atoms with van der Waals surface area (Å²) < 4.78 is 27.1. The molecule has 4 heteroatoms. The molecule has 0 saturated carbocycles. The van der Waals surface area contributed by atoms with E-state index in [2.05, 4.69) is 22.6 Å². The van der Waals surface area contributed by atoms with Crippen molar-refractivity contribution in [2.45, 2.75) is 0 Å². The molecule has 0 heterocycles. The van der Waals surface area contributed by atoms with Gasteiger partial charge in [-0.15, -0.1) is 0 Å². The molecule has 0 aliphatic rings. The maximum absolute atomic E-state index is 13.4. The molecule has 0 aliphatic carbocycles. The van der Waals surface area contributed by atoms with Gasteiger partial charge in [0.25, 0.3) is 0 Å². The number of carbonyl (C=O) groups is 1. The van der Waals surface area contributed by atoms with E-state index in [1.807, 2.05) is 24.3 Å². The molecule has 0 saturated heterocycles. The Morgan fingerprint density at radius 2 is 1.84 bits per heavy atom. The second-order valence-corrected chi connectivity index (χ2v) is 5.01. The smallest absolute Gasteiger partial charge is 0.188 e. The third-order valence-corrected chi connectivity index (χ3v) is 3.50. The van der Waals surface area contributed by atoms with Crippen molar-refractivity contribution < 1.29 is 13.6 Å². The van der Waals surface area contributed by atoms with Crippen LogP contribution in [-0.4, -0.2) is 5.78 Å². The maximum Gasteiger partial charge on any atom is 0.188 e. The molecule has 2 rings (SSSR count). The Hall–Kier alpha value is -1.56. The van der Waals surface area contributed by atoms with Crippen LogP contribution in [0.1, 0.15) is 15.9 Å². The van der Waals surface area contributed by atoms with Crippen molar-refractivity contribution in [1.82, 2.24) is 0 Å². The summed E-state index contributed by atoms with van der Waals surface area (Å²) in [4.78, 5) is 11.8. The molecule has 0 fully saturated rings. The summed E-state index contributed by atoms with van der Waals surface area (Å²) in [5.74, 6) is -2.04. The van der Waals surface area contributed by atoms with Crippen molar-refractivity contribution in [1.29, 1.82) is 0 Å². The van der Waals surface area contributed by atoms with E-state index in [1.54, 1.807) is 6.08 Å². The van der Waals surface area contributed by atoms with Gasteiger partial charge in [-0.2, -0.15) is 0 Å². The largest absolute Gasteiger partial charge is 0.289 e. The van der Waals surface area contributed by atoms with Gasteiger partial charge in [-0.05, 0) is 52.4 Å². The van der Waals surface area contributed by atoms with Crippen LogP contribution in [0, 0.1) is 15.2 Å². The topological polar surface area (TPSA) is 17.1 Å². The van der Waals surface area contributed by atoms with Gasteiger partial charge in [0.1, 0.15) is 11.6 Å². The van der Waals surface area contributed by atoms with E-state index in [1.165, 1.54) is 6.08 Å². The van der Waals surface area contributed by atoms with Crippen LogP contribution in [0.25, 0.3) is 6.08 Å². The van der Waals surface area contributed by atoms with Crippen molar-refractivity contribution in [3.05, 3.63) is 74.9 Å². The summed E-state index contributed by atoms with van der Waals surface area (Å²) in [5.41, 5.74) is 0.738. The van der Waals surface area contributed by atoms with Crippen molar-refractivity contribution in [3.8, 4) is 0 Å². The van der Waals surface area contributed by atoms with Crippen LogP contribution in [0.5, 0.6) is 0 Å². The SMILES string of the molecule is O=C(/C=C/c1ccccc1I)c1ccc(F)cc1F. The average Bonchev–Trinajstić information content (AvgIpc) is 2.37. The van der Waals surface area contributed by atoms with Gasteiger partial charge in [-0.1, -0.05) is 24.3 Å². The van der Waals surface area contributed by atoms with E-state index in [4.69, 9.17) is 0 Å². The number of halogens is 3. The zero-order chi connectivity index (χ0) is 13.8. The van der Waals surface area contributed by atoms with Crippen LogP contribution in [0.2, 0.25) is 0 Å². The van der Waals surface area contributed by atoms with Crippen molar-refractivity contribution >= 4 is 34.5 Å². The van der Waals surface area contributed by atoms with E-state index in [0.717, 1.165) is 21.3 Å². The predicted octanol–water partition coefficient (Wildman–Crippen LogP) is 4.47. The van der Waals surface area contributed by atoms with E-state index in [9.17, 15) is 13.6 Å². The Labute approximate surface area is 123 Å². The van der Waals surface area contributed by atoms with E-state index in [-0.39, 0.29) is 5.56 Å². The van der Waals surface area contributed by atoms with E-state index in [0.29, 0.717) is 6.07 Å². The van der Waals surface area contributed by atoms with Crippen LogP contribution in [0.3, 0.4) is 0 Å². The first-order chi connectivity index (χ1) is 9.08. The quantitative estimate of drug-likeness (QED) is 0.443. The summed E-state index contributed by atoms with van der Waals surface area (Å²) in [6.45, 7) is 0. The lowest BCUT2D eigenvalue weighted by Gasteiger charge is -1.99. The highest BCUT2D eigenvalue weighted by Gasteiger charge is 2.09. The fourth-order valence-electron chi connectivity index (χ4n) is 1.55. The normalized spacial score (nSPS) is 10.9. The summed E-state index contributed by atoms with van der Waals surface area (Å²) in [6.07, 6.45) is 2.90. The number of benzene rings is 2. The van der Waals surface area contributed by atoms with Gasteiger partial charge >= 0.3 is 0 Å². The molecule has 19 heavy (non-hydrogen) atoms. The molecular weight excluding hydrogens is 361 g/mol. The highest BCUT2D eigenvalue weighted by molar-refractivity contribution is 14.1. The minimum Gasteiger partial charge on any atom is -0.289 e. The molecule has 2 aromatic rings. The van der Waals surface area contributed by atoms with Crippen LogP contribution < -0.4 is 0 Å². The molecule has 0 amide bonds. The molecule has 0 radical (unpaired) electrons. The van der Waals surface area contributed by atoms with Gasteiger partial charge in [-0.25, -0.2) is 8.78 Å². The van der Waals surface area contributed by atoms with Crippen LogP contribution in [0.15, 0.2) is 48.5 Å². The Bertz CT molecular complexity index is 650. The first-order valence-electron chi connectivity index (χ1n) is 5.50. The molecule has 0 spiro atoms. The van der Waals surface area contributed by atoms with Gasteiger partial charge in [-0.3, -0.25) is 4.79 Å². The standard InChI is InChI=1S/C15H9F2IO/c16-11-6-7-12(13(17)9-11)15(19)8-5-10-3-1-2-4-14(10)18/h1-9H/b8-5+. The van der Waals surface area contributed by atoms with E-state index < -0.39 is 17.4 Å². The predicted molar refractivity (Wildman–Crippen MR) is 78.9 cm³/mol. The summed E-state index contributed by atoms with van der Waals surface area (Å²) >= 11 is 2.15. The Morgan fingerprint density at radius 1 is 1.11 bits per heavy atom. The summed E-state index contributed by atoms with van der Waals surface area (Å²) in [6, 6.07) is 10.4. The minimum absolute atomic E-state index is 0.136. The molecule has 0 N–H and O–H groups in total. The first kappa shape index (κ1) is 13.9. The average molecular weight is 370 g/mol. The molecule has 0 atom stereocenters. The lowest BCUT2D eigenvalue weighted by Crippen LogP contribution is -1.99. The monoisotopic (exact) mass is 370 g/mol. The lowest BCUT2D eigenvalue weighted by atomic mass is 10.1. The fourth-order valence-corrected chi connectivity index (χ4v) is 2.12. The molecule has 2 aromatic carbocycles. The van der Waals surface area contributed by atoms with E-state index >= 15 is 0 Å².